The number of fused-ring (bicyclic) bond motifs is 3. The molecular formula is C29H33N5O3S. The van der Waals surface area contributed by atoms with Gasteiger partial charge in [0.2, 0.25) is 11.1 Å². The second-order valence-electron chi connectivity index (χ2n) is 9.97. The quantitative estimate of drug-likeness (QED) is 0.247. The summed E-state index contributed by atoms with van der Waals surface area (Å²) in [6.07, 6.45) is 1.26. The van der Waals surface area contributed by atoms with E-state index in [9.17, 15) is 9.59 Å². The van der Waals surface area contributed by atoms with Crippen molar-refractivity contribution >= 4 is 45.7 Å². The number of hydrogen-bond donors (Lipinski definition) is 0. The zero-order valence-electron chi connectivity index (χ0n) is 22.3. The van der Waals surface area contributed by atoms with Gasteiger partial charge in [0.05, 0.1) is 23.3 Å². The molecule has 4 aromatic rings. The highest BCUT2D eigenvalue weighted by molar-refractivity contribution is 8.00. The fraction of sp³-hybridized carbons (Fsp3) is 0.414. The van der Waals surface area contributed by atoms with Crippen LogP contribution in [0.2, 0.25) is 0 Å². The zero-order chi connectivity index (χ0) is 26.8. The standard InChI is InChI=1S/C29H33N5O3S/c1-5-37-28(36)22-12-14-33(15-13-22)27(35)20(4)38-29-30-26-25(31-32-29)23-16-19(3)8-11-24(23)34(26)17-21-9-6-18(2)7-10-21/h6-11,16,20,22H,5,12-15,17H2,1-4H3. The third kappa shape index (κ3) is 5.38. The summed E-state index contributed by atoms with van der Waals surface area (Å²) in [5, 5.41) is 10.1. The fourth-order valence-corrected chi connectivity index (χ4v) is 5.80. The van der Waals surface area contributed by atoms with Crippen LogP contribution < -0.4 is 0 Å². The summed E-state index contributed by atoms with van der Waals surface area (Å²) in [6.45, 7) is 9.99. The molecule has 1 aliphatic rings. The zero-order valence-corrected chi connectivity index (χ0v) is 23.1. The Balaban J connectivity index is 1.37. The molecule has 1 aliphatic heterocycles. The molecule has 3 heterocycles. The number of amides is 1. The number of benzene rings is 2. The van der Waals surface area contributed by atoms with Gasteiger partial charge >= 0.3 is 5.97 Å². The maximum absolute atomic E-state index is 13.2. The molecule has 2 aromatic heterocycles. The monoisotopic (exact) mass is 531 g/mol. The van der Waals surface area contributed by atoms with E-state index in [2.05, 4.69) is 71.1 Å². The summed E-state index contributed by atoms with van der Waals surface area (Å²) >= 11 is 1.32. The van der Waals surface area contributed by atoms with Gasteiger partial charge in [-0.1, -0.05) is 53.2 Å². The van der Waals surface area contributed by atoms with Crippen molar-refractivity contribution in [2.45, 2.75) is 57.5 Å². The molecular weight excluding hydrogens is 498 g/mol. The number of nitrogens with zero attached hydrogens (tertiary/aromatic N) is 5. The van der Waals surface area contributed by atoms with Crippen molar-refractivity contribution in [3.63, 3.8) is 0 Å². The summed E-state index contributed by atoms with van der Waals surface area (Å²) in [5.74, 6) is -0.265. The molecule has 1 amide bonds. The molecule has 1 saturated heterocycles. The van der Waals surface area contributed by atoms with Crippen LogP contribution in [0.25, 0.3) is 22.1 Å². The van der Waals surface area contributed by atoms with E-state index in [1.165, 1.54) is 22.9 Å². The Hall–Kier alpha value is -3.46. The first-order valence-electron chi connectivity index (χ1n) is 13.1. The molecule has 0 N–H and O–H groups in total. The molecule has 198 valence electrons. The van der Waals surface area contributed by atoms with E-state index in [1.807, 2.05) is 18.7 Å². The molecule has 2 aromatic carbocycles. The number of hydrogen-bond acceptors (Lipinski definition) is 7. The number of carbonyl (C=O) groups is 2. The second kappa shape index (κ2) is 11.1. The molecule has 8 nitrogen and oxygen atoms in total. The summed E-state index contributed by atoms with van der Waals surface area (Å²) < 4.78 is 7.33. The maximum Gasteiger partial charge on any atom is 0.309 e. The number of thioether (sulfide) groups is 1. The van der Waals surface area contributed by atoms with Crippen LogP contribution in [0.3, 0.4) is 0 Å². The fourth-order valence-electron chi connectivity index (χ4n) is 5.00. The third-order valence-corrected chi connectivity index (χ3v) is 8.06. The van der Waals surface area contributed by atoms with Crippen LogP contribution in [0.5, 0.6) is 0 Å². The van der Waals surface area contributed by atoms with Crippen LogP contribution in [0, 0.1) is 19.8 Å². The van der Waals surface area contributed by atoms with E-state index < -0.39 is 0 Å². The smallest absolute Gasteiger partial charge is 0.309 e. The van der Waals surface area contributed by atoms with Crippen LogP contribution in [0.15, 0.2) is 47.6 Å². The first-order valence-corrected chi connectivity index (χ1v) is 14.0. The lowest BCUT2D eigenvalue weighted by Gasteiger charge is -2.32. The van der Waals surface area contributed by atoms with Crippen LogP contribution >= 0.6 is 11.8 Å². The molecule has 0 aliphatic carbocycles. The van der Waals surface area contributed by atoms with Crippen molar-refractivity contribution < 1.29 is 14.3 Å². The van der Waals surface area contributed by atoms with Gasteiger partial charge in [-0.15, -0.1) is 10.2 Å². The van der Waals surface area contributed by atoms with Gasteiger partial charge < -0.3 is 14.2 Å². The lowest BCUT2D eigenvalue weighted by molar-refractivity contribution is -0.151. The van der Waals surface area contributed by atoms with Crippen molar-refractivity contribution in [3.8, 4) is 0 Å². The average Bonchev–Trinajstić information content (AvgIpc) is 3.21. The van der Waals surface area contributed by atoms with Crippen LogP contribution in [0.1, 0.15) is 43.4 Å². The predicted octanol–water partition coefficient (Wildman–Crippen LogP) is 4.93. The van der Waals surface area contributed by atoms with E-state index in [1.54, 1.807) is 0 Å². The first-order chi connectivity index (χ1) is 18.3. The Morgan fingerprint density at radius 3 is 2.47 bits per heavy atom. The molecule has 0 spiro atoms. The van der Waals surface area contributed by atoms with E-state index in [0.29, 0.717) is 44.2 Å². The lowest BCUT2D eigenvalue weighted by atomic mass is 9.97. The third-order valence-electron chi connectivity index (χ3n) is 7.12. The normalized spacial score (nSPS) is 15.2. The van der Waals surface area contributed by atoms with Gasteiger partial charge in [-0.25, -0.2) is 4.98 Å². The Bertz CT molecular complexity index is 1480. The SMILES string of the molecule is CCOC(=O)C1CCN(C(=O)C(C)Sc2nnc3c4cc(C)ccc4n(Cc4ccc(C)cc4)c3n2)CC1. The Labute approximate surface area is 226 Å². The number of aryl methyl sites for hydroxylation is 2. The van der Waals surface area contributed by atoms with Gasteiger partial charge in [0.1, 0.15) is 5.52 Å². The van der Waals surface area contributed by atoms with Crippen LogP contribution in [-0.4, -0.2) is 61.5 Å². The molecule has 0 bridgehead atoms. The van der Waals surface area contributed by atoms with E-state index in [4.69, 9.17) is 9.72 Å². The number of rotatable bonds is 7. The molecule has 1 atom stereocenters. The maximum atomic E-state index is 13.2. The predicted molar refractivity (Wildman–Crippen MR) is 149 cm³/mol. The molecule has 1 fully saturated rings. The molecule has 5 rings (SSSR count). The number of esters is 1. The summed E-state index contributed by atoms with van der Waals surface area (Å²) in [6, 6.07) is 14.8. The number of carbonyl (C=O) groups excluding carboxylic acids is 2. The number of aromatic nitrogens is 4. The number of piperidine rings is 1. The Morgan fingerprint density at radius 2 is 1.76 bits per heavy atom. The number of likely N-dealkylation sites (tertiary alicyclic amines) is 1. The van der Waals surface area contributed by atoms with Gasteiger partial charge in [-0.05, 0) is 58.2 Å². The highest BCUT2D eigenvalue weighted by atomic mass is 32.2. The molecule has 0 saturated carbocycles. The molecule has 38 heavy (non-hydrogen) atoms. The molecule has 1 unspecified atom stereocenters. The largest absolute Gasteiger partial charge is 0.466 e. The second-order valence-corrected chi connectivity index (χ2v) is 11.3. The minimum absolute atomic E-state index is 0.0248. The highest BCUT2D eigenvalue weighted by Gasteiger charge is 2.31. The van der Waals surface area contributed by atoms with Crippen molar-refractivity contribution in [1.29, 1.82) is 0 Å². The number of ether oxygens (including phenoxy) is 1. The Kier molecular flexibility index (Phi) is 7.65. The van der Waals surface area contributed by atoms with Gasteiger partial charge in [-0.2, -0.15) is 0 Å². The van der Waals surface area contributed by atoms with Crippen LogP contribution in [-0.2, 0) is 20.9 Å². The van der Waals surface area contributed by atoms with Crippen molar-refractivity contribution in [2.75, 3.05) is 19.7 Å². The topological polar surface area (TPSA) is 90.2 Å². The van der Waals surface area contributed by atoms with Crippen molar-refractivity contribution in [1.82, 2.24) is 24.6 Å². The van der Waals surface area contributed by atoms with E-state index in [0.717, 1.165) is 27.6 Å². The lowest BCUT2D eigenvalue weighted by Crippen LogP contribution is -2.43. The summed E-state index contributed by atoms with van der Waals surface area (Å²) in [4.78, 5) is 32.0. The van der Waals surface area contributed by atoms with Gasteiger partial charge in [0, 0.05) is 25.0 Å². The minimum Gasteiger partial charge on any atom is -0.466 e. The molecule has 9 heteroatoms. The van der Waals surface area contributed by atoms with Gasteiger partial charge in [0.15, 0.2) is 5.65 Å². The molecule has 0 radical (unpaired) electrons. The minimum atomic E-state index is -0.370. The van der Waals surface area contributed by atoms with Gasteiger partial charge in [-0.3, -0.25) is 9.59 Å². The summed E-state index contributed by atoms with van der Waals surface area (Å²) in [5.41, 5.74) is 6.14. The average molecular weight is 532 g/mol. The highest BCUT2D eigenvalue weighted by Crippen LogP contribution is 2.30. The van der Waals surface area contributed by atoms with Crippen LogP contribution in [0.4, 0.5) is 0 Å². The van der Waals surface area contributed by atoms with Gasteiger partial charge in [0.25, 0.3) is 0 Å². The first kappa shape index (κ1) is 26.2. The van der Waals surface area contributed by atoms with Crippen molar-refractivity contribution in [3.05, 3.63) is 59.2 Å². The van der Waals surface area contributed by atoms with Crippen molar-refractivity contribution in [2.24, 2.45) is 5.92 Å². The van der Waals surface area contributed by atoms with E-state index in [-0.39, 0.29) is 23.0 Å². The van der Waals surface area contributed by atoms with E-state index >= 15 is 0 Å². The summed E-state index contributed by atoms with van der Waals surface area (Å²) in [7, 11) is 0. The Morgan fingerprint density at radius 1 is 1.05 bits per heavy atom.